The van der Waals surface area contributed by atoms with Crippen molar-refractivity contribution in [2.75, 3.05) is 0 Å². The van der Waals surface area contributed by atoms with Crippen LogP contribution in [0, 0.1) is 6.92 Å². The van der Waals surface area contributed by atoms with Gasteiger partial charge in [-0.15, -0.1) is 0 Å². The smallest absolute Gasteiger partial charge is 0.416 e. The Morgan fingerprint density at radius 1 is 1.18 bits per heavy atom. The fraction of sp³-hybridized carbons (Fsp3) is 0.455. The van der Waals surface area contributed by atoms with Crippen LogP contribution in [0.4, 0.5) is 22.0 Å². The van der Waals surface area contributed by atoms with Crippen molar-refractivity contribution in [2.24, 2.45) is 0 Å². The van der Waals surface area contributed by atoms with Gasteiger partial charge in [0.05, 0.1) is 5.56 Å². The van der Waals surface area contributed by atoms with E-state index in [0.717, 1.165) is 13.0 Å². The zero-order valence-corrected chi connectivity index (χ0v) is 9.15. The number of phenols is 1. The number of rotatable bonds is 2. The highest BCUT2D eigenvalue weighted by atomic mass is 19.4. The molecule has 0 aliphatic carbocycles. The van der Waals surface area contributed by atoms with Gasteiger partial charge < -0.3 is 5.11 Å². The maximum absolute atomic E-state index is 12.7. The van der Waals surface area contributed by atoms with E-state index in [1.54, 1.807) is 0 Å². The minimum Gasteiger partial charge on any atom is -0.508 e. The third-order valence-corrected chi connectivity index (χ3v) is 2.54. The third-order valence-electron chi connectivity index (χ3n) is 2.54. The standard InChI is InChI=1S/C11H11F5O/c1-5-3-8(11(14,15)16)7(4-9(5)17)6(2)10(12)13/h3-4,6,10,17H,1-2H3. The molecule has 17 heavy (non-hydrogen) atoms. The Hall–Kier alpha value is -1.33. The molecule has 0 fully saturated rings. The van der Waals surface area contributed by atoms with E-state index < -0.39 is 35.4 Å². The molecule has 1 nitrogen and oxygen atoms in total. The topological polar surface area (TPSA) is 20.2 Å². The van der Waals surface area contributed by atoms with Gasteiger partial charge in [0.2, 0.25) is 6.43 Å². The van der Waals surface area contributed by atoms with Gasteiger partial charge in [-0.1, -0.05) is 6.92 Å². The zero-order chi connectivity index (χ0) is 13.4. The molecule has 1 N–H and O–H groups in total. The second-order valence-corrected chi connectivity index (χ2v) is 3.85. The largest absolute Gasteiger partial charge is 0.508 e. The summed E-state index contributed by atoms with van der Waals surface area (Å²) in [6, 6.07) is 1.44. The lowest BCUT2D eigenvalue weighted by molar-refractivity contribution is -0.138. The summed E-state index contributed by atoms with van der Waals surface area (Å²) in [5.41, 5.74) is -1.71. The van der Waals surface area contributed by atoms with E-state index in [1.807, 2.05) is 0 Å². The molecule has 0 aliphatic rings. The van der Waals surface area contributed by atoms with Gasteiger partial charge in [-0.2, -0.15) is 13.2 Å². The molecule has 0 amide bonds. The van der Waals surface area contributed by atoms with Crippen molar-refractivity contribution in [3.8, 4) is 5.75 Å². The average molecular weight is 254 g/mol. The van der Waals surface area contributed by atoms with Gasteiger partial charge in [-0.3, -0.25) is 0 Å². The van der Waals surface area contributed by atoms with Crippen LogP contribution in [0.2, 0.25) is 0 Å². The van der Waals surface area contributed by atoms with Crippen molar-refractivity contribution in [2.45, 2.75) is 32.4 Å². The van der Waals surface area contributed by atoms with Crippen LogP contribution in [0.3, 0.4) is 0 Å². The van der Waals surface area contributed by atoms with Crippen LogP contribution in [-0.2, 0) is 6.18 Å². The molecule has 96 valence electrons. The minimum atomic E-state index is -4.71. The molecule has 0 saturated carbocycles. The molecule has 1 rings (SSSR count). The fourth-order valence-electron chi connectivity index (χ4n) is 1.47. The molecule has 6 heteroatoms. The summed E-state index contributed by atoms with van der Waals surface area (Å²) < 4.78 is 62.9. The summed E-state index contributed by atoms with van der Waals surface area (Å²) in [5, 5.41) is 9.31. The molecule has 1 aromatic rings. The predicted octanol–water partition coefficient (Wildman–Crippen LogP) is 4.09. The van der Waals surface area contributed by atoms with Crippen LogP contribution < -0.4 is 0 Å². The first-order valence-electron chi connectivity index (χ1n) is 4.83. The SMILES string of the molecule is Cc1cc(C(F)(F)F)c(C(C)C(F)F)cc1O. The van der Waals surface area contributed by atoms with Crippen LogP contribution in [0.1, 0.15) is 29.5 Å². The van der Waals surface area contributed by atoms with E-state index in [-0.39, 0.29) is 5.56 Å². The van der Waals surface area contributed by atoms with Crippen LogP contribution in [0.15, 0.2) is 12.1 Å². The van der Waals surface area contributed by atoms with Gasteiger partial charge in [0.25, 0.3) is 0 Å². The molecule has 0 saturated heterocycles. The maximum atomic E-state index is 12.7. The lowest BCUT2D eigenvalue weighted by Gasteiger charge is -2.19. The Morgan fingerprint density at radius 2 is 1.71 bits per heavy atom. The summed E-state index contributed by atoms with van der Waals surface area (Å²) in [4.78, 5) is 0. The number of hydrogen-bond donors (Lipinski definition) is 1. The maximum Gasteiger partial charge on any atom is 0.416 e. The fourth-order valence-corrected chi connectivity index (χ4v) is 1.47. The normalized spacial score (nSPS) is 14.1. The quantitative estimate of drug-likeness (QED) is 0.788. The van der Waals surface area contributed by atoms with E-state index in [9.17, 15) is 27.1 Å². The number of aromatic hydroxyl groups is 1. The van der Waals surface area contributed by atoms with Crippen LogP contribution in [0.5, 0.6) is 5.75 Å². The van der Waals surface area contributed by atoms with Crippen molar-refractivity contribution >= 4 is 0 Å². The average Bonchev–Trinajstić information content (AvgIpc) is 2.18. The van der Waals surface area contributed by atoms with Crippen molar-refractivity contribution in [1.82, 2.24) is 0 Å². The molecule has 1 atom stereocenters. The van der Waals surface area contributed by atoms with Gasteiger partial charge in [0.1, 0.15) is 5.75 Å². The van der Waals surface area contributed by atoms with Crippen molar-refractivity contribution in [1.29, 1.82) is 0 Å². The molecule has 0 radical (unpaired) electrons. The zero-order valence-electron chi connectivity index (χ0n) is 9.15. The first kappa shape index (κ1) is 13.7. The first-order chi connectivity index (χ1) is 7.64. The second kappa shape index (κ2) is 4.50. The Kier molecular flexibility index (Phi) is 3.64. The lowest BCUT2D eigenvalue weighted by atomic mass is 9.93. The van der Waals surface area contributed by atoms with Gasteiger partial charge in [0.15, 0.2) is 0 Å². The van der Waals surface area contributed by atoms with Gasteiger partial charge in [-0.25, -0.2) is 8.78 Å². The Balaban J connectivity index is 3.41. The summed E-state index contributed by atoms with van der Waals surface area (Å²) in [7, 11) is 0. The van der Waals surface area contributed by atoms with Crippen LogP contribution in [0.25, 0.3) is 0 Å². The highest BCUT2D eigenvalue weighted by Crippen LogP contribution is 2.39. The molecule has 1 unspecified atom stereocenters. The number of halogens is 5. The molecule has 1 aromatic carbocycles. The Morgan fingerprint density at radius 3 is 2.12 bits per heavy atom. The highest BCUT2D eigenvalue weighted by Gasteiger charge is 2.36. The summed E-state index contributed by atoms with van der Waals surface area (Å²) >= 11 is 0. The molecule has 0 bridgehead atoms. The van der Waals surface area contributed by atoms with Gasteiger partial charge in [0, 0.05) is 5.92 Å². The lowest BCUT2D eigenvalue weighted by Crippen LogP contribution is -2.15. The van der Waals surface area contributed by atoms with Crippen LogP contribution in [-0.4, -0.2) is 11.5 Å². The Labute approximate surface area is 94.9 Å². The highest BCUT2D eigenvalue weighted by molar-refractivity contribution is 5.44. The van der Waals surface area contributed by atoms with E-state index in [2.05, 4.69) is 0 Å². The van der Waals surface area contributed by atoms with Crippen molar-refractivity contribution in [3.63, 3.8) is 0 Å². The number of hydrogen-bond acceptors (Lipinski definition) is 1. The van der Waals surface area contributed by atoms with Gasteiger partial charge >= 0.3 is 6.18 Å². The van der Waals surface area contributed by atoms with Gasteiger partial charge in [-0.05, 0) is 30.2 Å². The predicted molar refractivity (Wildman–Crippen MR) is 52.3 cm³/mol. The number of benzene rings is 1. The van der Waals surface area contributed by atoms with E-state index in [4.69, 9.17) is 0 Å². The number of phenolic OH excluding ortho intramolecular Hbond substituents is 1. The van der Waals surface area contributed by atoms with E-state index >= 15 is 0 Å². The number of alkyl halides is 5. The summed E-state index contributed by atoms with van der Waals surface area (Å²) in [6.45, 7) is 2.27. The monoisotopic (exact) mass is 254 g/mol. The third kappa shape index (κ3) is 2.87. The molecular formula is C11H11F5O. The minimum absolute atomic E-state index is 0.00235. The van der Waals surface area contributed by atoms with Crippen molar-refractivity contribution in [3.05, 3.63) is 28.8 Å². The molecule has 0 spiro atoms. The summed E-state index contributed by atoms with van der Waals surface area (Å²) in [6.07, 6.45) is -7.63. The molecular weight excluding hydrogens is 243 g/mol. The molecule has 0 aromatic heterocycles. The van der Waals surface area contributed by atoms with Crippen molar-refractivity contribution < 1.29 is 27.1 Å². The van der Waals surface area contributed by atoms with E-state index in [1.165, 1.54) is 6.92 Å². The Bertz CT molecular complexity index is 411. The summed E-state index contributed by atoms with van der Waals surface area (Å²) in [5.74, 6) is -2.00. The van der Waals surface area contributed by atoms with E-state index in [0.29, 0.717) is 6.07 Å². The number of aryl methyl sites for hydroxylation is 1. The molecule has 0 aliphatic heterocycles. The van der Waals surface area contributed by atoms with Crippen LogP contribution >= 0.6 is 0 Å². The second-order valence-electron chi connectivity index (χ2n) is 3.85. The molecule has 0 heterocycles. The first-order valence-corrected chi connectivity index (χ1v) is 4.83.